The van der Waals surface area contributed by atoms with E-state index in [2.05, 4.69) is 5.32 Å². The number of nitrogens with zero attached hydrogens (tertiary/aromatic N) is 1. The van der Waals surface area contributed by atoms with Crippen molar-refractivity contribution in [3.63, 3.8) is 0 Å². The lowest BCUT2D eigenvalue weighted by Crippen LogP contribution is -2.35. The van der Waals surface area contributed by atoms with Gasteiger partial charge in [-0.2, -0.15) is 4.31 Å². The van der Waals surface area contributed by atoms with Crippen molar-refractivity contribution < 1.29 is 22.7 Å². The number of carbonyl (C=O) groups is 1. The number of hydrogen-bond donors (Lipinski definition) is 1. The van der Waals surface area contributed by atoms with Gasteiger partial charge in [-0.05, 0) is 55.2 Å². The first-order valence-electron chi connectivity index (χ1n) is 9.96. The molecular weight excluding hydrogens is 404 g/mol. The van der Waals surface area contributed by atoms with Crippen LogP contribution in [0.25, 0.3) is 0 Å². The topological polar surface area (TPSA) is 84.9 Å². The van der Waals surface area contributed by atoms with Crippen molar-refractivity contribution in [2.24, 2.45) is 0 Å². The van der Waals surface area contributed by atoms with Gasteiger partial charge in [0.15, 0.2) is 0 Å². The Morgan fingerprint density at radius 3 is 2.23 bits per heavy atom. The molecule has 0 atom stereocenters. The van der Waals surface area contributed by atoms with Crippen LogP contribution >= 0.6 is 0 Å². The van der Waals surface area contributed by atoms with Gasteiger partial charge in [-0.1, -0.05) is 12.5 Å². The molecule has 0 spiro atoms. The number of piperidine rings is 1. The highest BCUT2D eigenvalue weighted by atomic mass is 32.2. The van der Waals surface area contributed by atoms with E-state index in [4.69, 9.17) is 9.47 Å². The molecule has 1 aliphatic heterocycles. The molecule has 7 nitrogen and oxygen atoms in total. The number of rotatable bonds is 7. The predicted molar refractivity (Wildman–Crippen MR) is 115 cm³/mol. The number of amides is 1. The molecular formula is C22H28N2O5S. The van der Waals surface area contributed by atoms with Crippen molar-refractivity contribution in [1.29, 1.82) is 0 Å². The van der Waals surface area contributed by atoms with E-state index in [0.717, 1.165) is 24.8 Å². The Morgan fingerprint density at radius 1 is 1.00 bits per heavy atom. The normalized spacial score (nSPS) is 14.9. The molecule has 0 aromatic heterocycles. The van der Waals surface area contributed by atoms with E-state index in [0.29, 0.717) is 35.7 Å². The Hall–Kier alpha value is -2.58. The van der Waals surface area contributed by atoms with Gasteiger partial charge in [0.25, 0.3) is 5.91 Å². The molecule has 1 N–H and O–H groups in total. The number of methoxy groups -OCH3 is 2. The Kier molecular flexibility index (Phi) is 6.99. The molecule has 1 fully saturated rings. The Morgan fingerprint density at radius 2 is 1.63 bits per heavy atom. The highest BCUT2D eigenvalue weighted by molar-refractivity contribution is 7.89. The molecule has 3 rings (SSSR count). The second-order valence-corrected chi connectivity index (χ2v) is 9.28. The Balaban J connectivity index is 1.79. The SMILES string of the molecule is COc1cc(CNC(=O)c2cc(S(=O)(=O)N3CCCCC3)ccc2C)cc(OC)c1. The van der Waals surface area contributed by atoms with Gasteiger partial charge in [-0.15, -0.1) is 0 Å². The van der Waals surface area contributed by atoms with E-state index in [-0.39, 0.29) is 17.3 Å². The monoisotopic (exact) mass is 432 g/mol. The average molecular weight is 433 g/mol. The van der Waals surface area contributed by atoms with Crippen LogP contribution in [-0.2, 0) is 16.6 Å². The first-order chi connectivity index (χ1) is 14.3. The van der Waals surface area contributed by atoms with E-state index >= 15 is 0 Å². The average Bonchev–Trinajstić information content (AvgIpc) is 2.77. The lowest BCUT2D eigenvalue weighted by molar-refractivity contribution is 0.0950. The summed E-state index contributed by atoms with van der Waals surface area (Å²) >= 11 is 0. The van der Waals surface area contributed by atoms with E-state index in [1.165, 1.54) is 10.4 Å². The summed E-state index contributed by atoms with van der Waals surface area (Å²) in [5.74, 6) is 0.929. The van der Waals surface area contributed by atoms with Gasteiger partial charge in [-0.3, -0.25) is 4.79 Å². The van der Waals surface area contributed by atoms with Crippen LogP contribution in [0.4, 0.5) is 0 Å². The zero-order valence-electron chi connectivity index (χ0n) is 17.6. The molecule has 1 amide bonds. The largest absolute Gasteiger partial charge is 0.497 e. The number of hydrogen-bond acceptors (Lipinski definition) is 5. The zero-order chi connectivity index (χ0) is 21.7. The Labute approximate surface area is 178 Å². The summed E-state index contributed by atoms with van der Waals surface area (Å²) in [6.45, 7) is 3.10. The smallest absolute Gasteiger partial charge is 0.251 e. The number of sulfonamides is 1. The summed E-state index contributed by atoms with van der Waals surface area (Å²) in [6, 6.07) is 10.1. The van der Waals surface area contributed by atoms with Crippen LogP contribution in [0, 0.1) is 6.92 Å². The maximum Gasteiger partial charge on any atom is 0.251 e. The molecule has 0 aliphatic carbocycles. The molecule has 162 valence electrons. The van der Waals surface area contributed by atoms with Gasteiger partial charge < -0.3 is 14.8 Å². The number of ether oxygens (including phenoxy) is 2. The van der Waals surface area contributed by atoms with Gasteiger partial charge in [0.2, 0.25) is 10.0 Å². The summed E-state index contributed by atoms with van der Waals surface area (Å²) in [5, 5.41) is 2.86. The molecule has 0 bridgehead atoms. The molecule has 0 radical (unpaired) electrons. The van der Waals surface area contributed by atoms with Gasteiger partial charge in [-0.25, -0.2) is 8.42 Å². The van der Waals surface area contributed by atoms with Crippen molar-refractivity contribution in [3.05, 3.63) is 53.1 Å². The van der Waals surface area contributed by atoms with Gasteiger partial charge in [0, 0.05) is 31.3 Å². The minimum absolute atomic E-state index is 0.156. The van der Waals surface area contributed by atoms with E-state index in [9.17, 15) is 13.2 Å². The lowest BCUT2D eigenvalue weighted by Gasteiger charge is -2.26. The highest BCUT2D eigenvalue weighted by Gasteiger charge is 2.27. The van der Waals surface area contributed by atoms with E-state index in [1.807, 2.05) is 12.1 Å². The molecule has 30 heavy (non-hydrogen) atoms. The van der Waals surface area contributed by atoms with Crippen molar-refractivity contribution in [2.75, 3.05) is 27.3 Å². The number of nitrogens with one attached hydrogen (secondary N) is 1. The van der Waals surface area contributed by atoms with E-state index < -0.39 is 10.0 Å². The third-order valence-corrected chi connectivity index (χ3v) is 7.17. The van der Waals surface area contributed by atoms with Crippen LogP contribution in [0.3, 0.4) is 0 Å². The lowest BCUT2D eigenvalue weighted by atomic mass is 10.1. The van der Waals surface area contributed by atoms with Crippen LogP contribution in [0.2, 0.25) is 0 Å². The molecule has 1 heterocycles. The maximum absolute atomic E-state index is 13.0. The van der Waals surface area contributed by atoms with Gasteiger partial charge in [0.05, 0.1) is 19.1 Å². The number of aryl methyl sites for hydroxylation is 1. The highest BCUT2D eigenvalue weighted by Crippen LogP contribution is 2.24. The van der Waals surface area contributed by atoms with Crippen molar-refractivity contribution in [1.82, 2.24) is 9.62 Å². The minimum atomic E-state index is -3.60. The standard InChI is InChI=1S/C22H28N2O5S/c1-16-7-8-20(30(26,27)24-9-5-4-6-10-24)14-21(16)22(25)23-15-17-11-18(28-2)13-19(12-17)29-3/h7-8,11-14H,4-6,9-10,15H2,1-3H3,(H,23,25). The first kappa shape index (κ1) is 22.1. The molecule has 2 aromatic carbocycles. The maximum atomic E-state index is 13.0. The summed E-state index contributed by atoms with van der Waals surface area (Å²) < 4.78 is 37.9. The molecule has 0 saturated carbocycles. The van der Waals surface area contributed by atoms with Crippen LogP contribution in [0.5, 0.6) is 11.5 Å². The summed E-state index contributed by atoms with van der Waals surface area (Å²) in [7, 11) is -0.471. The van der Waals surface area contributed by atoms with Crippen molar-refractivity contribution in [3.8, 4) is 11.5 Å². The molecule has 2 aromatic rings. The second-order valence-electron chi connectivity index (χ2n) is 7.35. The summed E-state index contributed by atoms with van der Waals surface area (Å²) in [5.41, 5.74) is 1.88. The van der Waals surface area contributed by atoms with E-state index in [1.54, 1.807) is 39.3 Å². The van der Waals surface area contributed by atoms with Crippen molar-refractivity contribution in [2.45, 2.75) is 37.6 Å². The Bertz CT molecular complexity index is 992. The van der Waals surface area contributed by atoms with Crippen LogP contribution < -0.4 is 14.8 Å². The molecule has 1 aliphatic rings. The fraction of sp³-hybridized carbons (Fsp3) is 0.409. The number of carbonyl (C=O) groups excluding carboxylic acids is 1. The first-order valence-corrected chi connectivity index (χ1v) is 11.4. The summed E-state index contributed by atoms with van der Waals surface area (Å²) in [4.78, 5) is 13.0. The molecule has 8 heteroatoms. The third kappa shape index (κ3) is 4.94. The van der Waals surface area contributed by atoms with Crippen LogP contribution in [0.15, 0.2) is 41.3 Å². The predicted octanol–water partition coefficient (Wildman–Crippen LogP) is 3.12. The minimum Gasteiger partial charge on any atom is -0.497 e. The fourth-order valence-electron chi connectivity index (χ4n) is 3.51. The third-order valence-electron chi connectivity index (χ3n) is 5.27. The molecule has 0 unspecified atom stereocenters. The van der Waals surface area contributed by atoms with Gasteiger partial charge in [0.1, 0.15) is 11.5 Å². The quantitative estimate of drug-likeness (QED) is 0.727. The number of benzene rings is 2. The van der Waals surface area contributed by atoms with Crippen molar-refractivity contribution >= 4 is 15.9 Å². The van der Waals surface area contributed by atoms with Gasteiger partial charge >= 0.3 is 0 Å². The van der Waals surface area contributed by atoms with Crippen LogP contribution in [0.1, 0.15) is 40.7 Å². The zero-order valence-corrected chi connectivity index (χ0v) is 18.4. The second kappa shape index (κ2) is 9.49. The fourth-order valence-corrected chi connectivity index (χ4v) is 5.05. The summed E-state index contributed by atoms with van der Waals surface area (Å²) in [6.07, 6.45) is 2.77. The van der Waals surface area contributed by atoms with Crippen LogP contribution in [-0.4, -0.2) is 45.9 Å². The molecule has 1 saturated heterocycles.